The van der Waals surface area contributed by atoms with Crippen molar-refractivity contribution in [3.05, 3.63) is 42.2 Å². The van der Waals surface area contributed by atoms with E-state index in [1.54, 1.807) is 10.9 Å². The molecule has 0 saturated heterocycles. The maximum atomic E-state index is 10.7. The van der Waals surface area contributed by atoms with E-state index >= 15 is 0 Å². The first kappa shape index (κ1) is 12.8. The lowest BCUT2D eigenvalue weighted by atomic mass is 9.91. The van der Waals surface area contributed by atoms with Gasteiger partial charge in [0.25, 0.3) is 0 Å². The van der Waals surface area contributed by atoms with Crippen LogP contribution in [0.2, 0.25) is 0 Å². The number of benzene rings is 1. The third-order valence-corrected chi connectivity index (χ3v) is 3.28. The first-order valence-corrected chi connectivity index (χ1v) is 6.40. The number of hydrogen-bond acceptors (Lipinski definition) is 3. The smallest absolute Gasteiger partial charge is 0.108 e. The first-order valence-electron chi connectivity index (χ1n) is 6.40. The lowest BCUT2D eigenvalue weighted by molar-refractivity contribution is 0.0160. The highest BCUT2D eigenvalue weighted by Crippen LogP contribution is 2.30. The van der Waals surface area contributed by atoms with E-state index in [-0.39, 0.29) is 0 Å². The maximum absolute atomic E-state index is 10.7. The summed E-state index contributed by atoms with van der Waals surface area (Å²) in [5.41, 5.74) is 0.833. The summed E-state index contributed by atoms with van der Waals surface area (Å²) in [7, 11) is 0. The number of hydrogen-bond donors (Lipinski definition) is 1. The Hall–Kier alpha value is -1.68. The van der Waals surface area contributed by atoms with Crippen LogP contribution in [0.1, 0.15) is 38.8 Å². The summed E-state index contributed by atoms with van der Waals surface area (Å²) < 4.78 is 1.72. The van der Waals surface area contributed by atoms with Crippen molar-refractivity contribution in [2.45, 2.75) is 38.7 Å². The molecular weight excluding hydrogens is 226 g/mol. The van der Waals surface area contributed by atoms with Gasteiger partial charge in [0.2, 0.25) is 0 Å². The third kappa shape index (κ3) is 2.29. The minimum Gasteiger partial charge on any atom is -0.384 e. The molecule has 1 unspecified atom stereocenters. The minimum atomic E-state index is -0.853. The van der Waals surface area contributed by atoms with Crippen molar-refractivity contribution >= 4 is 0 Å². The molecule has 0 saturated carbocycles. The summed E-state index contributed by atoms with van der Waals surface area (Å²) >= 11 is 0. The zero-order valence-corrected chi connectivity index (χ0v) is 10.9. The highest BCUT2D eigenvalue weighted by atomic mass is 16.3. The molecule has 0 bridgehead atoms. The molecule has 0 aliphatic rings. The SMILES string of the molecule is CCCC(O)(CC)c1cnnn1-c1ccccc1. The standard InChI is InChI=1S/C14H19N3O/c1-3-10-14(18,4-2)13-11-15-16-17(13)12-8-6-5-7-9-12/h5-9,11,18H,3-4,10H2,1-2H3. The summed E-state index contributed by atoms with van der Waals surface area (Å²) in [4.78, 5) is 0. The summed E-state index contributed by atoms with van der Waals surface area (Å²) in [6, 6.07) is 9.77. The molecule has 0 aliphatic carbocycles. The molecule has 4 nitrogen and oxygen atoms in total. The molecule has 0 fully saturated rings. The molecule has 0 radical (unpaired) electrons. The van der Waals surface area contributed by atoms with Crippen molar-refractivity contribution in [3.8, 4) is 5.69 Å². The Bertz CT molecular complexity index is 495. The van der Waals surface area contributed by atoms with Gasteiger partial charge in [-0.25, -0.2) is 4.68 Å². The predicted molar refractivity (Wildman–Crippen MR) is 70.5 cm³/mol. The Kier molecular flexibility index (Phi) is 3.77. The second-order valence-corrected chi connectivity index (χ2v) is 4.50. The molecule has 1 N–H and O–H groups in total. The minimum absolute atomic E-state index is 0.654. The number of nitrogens with zero attached hydrogens (tertiary/aromatic N) is 3. The van der Waals surface area contributed by atoms with Crippen molar-refractivity contribution in [2.75, 3.05) is 0 Å². The second kappa shape index (κ2) is 5.31. The summed E-state index contributed by atoms with van der Waals surface area (Å²) in [5, 5.41) is 18.8. The molecule has 2 aromatic rings. The molecule has 1 heterocycles. The Morgan fingerprint density at radius 2 is 1.94 bits per heavy atom. The number of aromatic nitrogens is 3. The van der Waals surface area contributed by atoms with Crippen LogP contribution in [0, 0.1) is 0 Å². The van der Waals surface area contributed by atoms with Gasteiger partial charge in [-0.3, -0.25) is 0 Å². The molecule has 18 heavy (non-hydrogen) atoms. The zero-order valence-electron chi connectivity index (χ0n) is 10.9. The van der Waals surface area contributed by atoms with E-state index in [0.717, 1.165) is 17.8 Å². The van der Waals surface area contributed by atoms with Gasteiger partial charge in [0, 0.05) is 0 Å². The zero-order chi connectivity index (χ0) is 13.0. The molecule has 1 atom stereocenters. The fourth-order valence-corrected chi connectivity index (χ4v) is 2.21. The Morgan fingerprint density at radius 1 is 1.22 bits per heavy atom. The van der Waals surface area contributed by atoms with Gasteiger partial charge in [0.1, 0.15) is 5.60 Å². The number of aliphatic hydroxyl groups is 1. The summed E-state index contributed by atoms with van der Waals surface area (Å²) in [5.74, 6) is 0. The predicted octanol–water partition coefficient (Wildman–Crippen LogP) is 2.67. The van der Waals surface area contributed by atoms with E-state index < -0.39 is 5.60 Å². The first-order chi connectivity index (χ1) is 8.71. The highest BCUT2D eigenvalue weighted by Gasteiger charge is 2.30. The van der Waals surface area contributed by atoms with Crippen LogP contribution in [0.25, 0.3) is 5.69 Å². The van der Waals surface area contributed by atoms with E-state index in [4.69, 9.17) is 0 Å². The van der Waals surface area contributed by atoms with Crippen LogP contribution in [-0.2, 0) is 5.60 Å². The number of para-hydroxylation sites is 1. The van der Waals surface area contributed by atoms with E-state index in [0.29, 0.717) is 12.8 Å². The van der Waals surface area contributed by atoms with Crippen molar-refractivity contribution in [1.29, 1.82) is 0 Å². The van der Waals surface area contributed by atoms with Crippen LogP contribution in [0.15, 0.2) is 36.5 Å². The molecule has 1 aromatic heterocycles. The fraction of sp³-hybridized carbons (Fsp3) is 0.429. The Balaban J connectivity index is 2.44. The average Bonchev–Trinajstić information content (AvgIpc) is 2.90. The van der Waals surface area contributed by atoms with Crippen LogP contribution >= 0.6 is 0 Å². The molecule has 1 aromatic carbocycles. The Morgan fingerprint density at radius 3 is 2.56 bits per heavy atom. The second-order valence-electron chi connectivity index (χ2n) is 4.50. The fourth-order valence-electron chi connectivity index (χ4n) is 2.21. The van der Waals surface area contributed by atoms with Gasteiger partial charge >= 0.3 is 0 Å². The van der Waals surface area contributed by atoms with Gasteiger partial charge in [-0.05, 0) is 25.0 Å². The van der Waals surface area contributed by atoms with Crippen LogP contribution in [0.5, 0.6) is 0 Å². The lowest BCUT2D eigenvalue weighted by Crippen LogP contribution is -2.27. The van der Waals surface area contributed by atoms with Gasteiger partial charge in [0.05, 0.1) is 17.6 Å². The third-order valence-electron chi connectivity index (χ3n) is 3.28. The normalized spacial score (nSPS) is 14.4. The largest absolute Gasteiger partial charge is 0.384 e. The molecule has 0 spiro atoms. The van der Waals surface area contributed by atoms with Gasteiger partial charge < -0.3 is 5.11 Å². The molecule has 0 amide bonds. The van der Waals surface area contributed by atoms with Gasteiger partial charge in [-0.2, -0.15) is 0 Å². The van der Waals surface area contributed by atoms with Crippen LogP contribution in [-0.4, -0.2) is 20.1 Å². The van der Waals surface area contributed by atoms with E-state index in [1.807, 2.05) is 37.3 Å². The van der Waals surface area contributed by atoms with Gasteiger partial charge in [0.15, 0.2) is 0 Å². The monoisotopic (exact) mass is 245 g/mol. The lowest BCUT2D eigenvalue weighted by Gasteiger charge is -2.26. The maximum Gasteiger partial charge on any atom is 0.108 e. The average molecular weight is 245 g/mol. The molecular formula is C14H19N3O. The van der Waals surface area contributed by atoms with Crippen molar-refractivity contribution in [1.82, 2.24) is 15.0 Å². The number of rotatable bonds is 5. The molecule has 2 rings (SSSR count). The van der Waals surface area contributed by atoms with Crippen molar-refractivity contribution < 1.29 is 5.11 Å². The van der Waals surface area contributed by atoms with Gasteiger partial charge in [-0.1, -0.05) is 43.7 Å². The summed E-state index contributed by atoms with van der Waals surface area (Å²) in [6.07, 6.45) is 3.95. The molecule has 4 heteroatoms. The summed E-state index contributed by atoms with van der Waals surface area (Å²) in [6.45, 7) is 4.05. The van der Waals surface area contributed by atoms with E-state index in [9.17, 15) is 5.11 Å². The van der Waals surface area contributed by atoms with Gasteiger partial charge in [-0.15, -0.1) is 5.10 Å². The Labute approximate surface area is 107 Å². The topological polar surface area (TPSA) is 50.9 Å². The van der Waals surface area contributed by atoms with E-state index in [2.05, 4.69) is 17.2 Å². The van der Waals surface area contributed by atoms with Crippen molar-refractivity contribution in [3.63, 3.8) is 0 Å². The highest BCUT2D eigenvalue weighted by molar-refractivity contribution is 5.32. The van der Waals surface area contributed by atoms with Crippen LogP contribution in [0.3, 0.4) is 0 Å². The van der Waals surface area contributed by atoms with Crippen LogP contribution in [0.4, 0.5) is 0 Å². The molecule has 0 aliphatic heterocycles. The quantitative estimate of drug-likeness (QED) is 0.881. The van der Waals surface area contributed by atoms with Crippen LogP contribution < -0.4 is 0 Å². The van der Waals surface area contributed by atoms with Crippen molar-refractivity contribution in [2.24, 2.45) is 0 Å². The van der Waals surface area contributed by atoms with E-state index in [1.165, 1.54) is 0 Å². The molecule has 96 valence electrons.